The Morgan fingerprint density at radius 1 is 1.26 bits per heavy atom. The molecule has 0 saturated heterocycles. The number of rotatable bonds is 2. The van der Waals surface area contributed by atoms with E-state index < -0.39 is 21.5 Å². The van der Waals surface area contributed by atoms with Crippen molar-refractivity contribution in [1.82, 2.24) is 5.32 Å². The third-order valence-corrected chi connectivity index (χ3v) is 3.72. The first kappa shape index (κ1) is 16.2. The molecule has 1 rings (SSSR count). The maximum atomic E-state index is 12.0. The van der Waals surface area contributed by atoms with Crippen molar-refractivity contribution >= 4 is 39.1 Å². The van der Waals surface area contributed by atoms with Gasteiger partial charge in [-0.05, 0) is 32.9 Å². The lowest BCUT2D eigenvalue weighted by atomic mass is 10.1. The number of primary sulfonamides is 1. The molecule has 106 valence electrons. The highest BCUT2D eigenvalue weighted by atomic mass is 35.5. The maximum Gasteiger partial charge on any atom is 0.253 e. The molecule has 5 nitrogen and oxygen atoms in total. The van der Waals surface area contributed by atoms with Gasteiger partial charge in [-0.15, -0.1) is 0 Å². The number of halogens is 2. The van der Waals surface area contributed by atoms with Crippen LogP contribution in [0.15, 0.2) is 17.0 Å². The molecule has 19 heavy (non-hydrogen) atoms. The molecule has 0 spiro atoms. The molecule has 1 aromatic rings. The van der Waals surface area contributed by atoms with Gasteiger partial charge in [0, 0.05) is 10.6 Å². The lowest BCUT2D eigenvalue weighted by molar-refractivity contribution is 0.0919. The van der Waals surface area contributed by atoms with E-state index in [9.17, 15) is 13.2 Å². The van der Waals surface area contributed by atoms with Crippen molar-refractivity contribution in [3.8, 4) is 0 Å². The summed E-state index contributed by atoms with van der Waals surface area (Å²) in [5.41, 5.74) is -0.530. The third-order valence-electron chi connectivity index (χ3n) is 2.04. The summed E-state index contributed by atoms with van der Waals surface area (Å²) < 4.78 is 22.7. The minimum absolute atomic E-state index is 0.0342. The van der Waals surface area contributed by atoms with Crippen molar-refractivity contribution in [3.63, 3.8) is 0 Å². The molecule has 1 aromatic carbocycles. The van der Waals surface area contributed by atoms with E-state index >= 15 is 0 Å². The molecule has 0 fully saturated rings. The monoisotopic (exact) mass is 324 g/mol. The van der Waals surface area contributed by atoms with Crippen molar-refractivity contribution in [2.45, 2.75) is 31.2 Å². The van der Waals surface area contributed by atoms with Crippen LogP contribution in [0.1, 0.15) is 31.1 Å². The molecule has 0 atom stereocenters. The van der Waals surface area contributed by atoms with E-state index in [-0.39, 0.29) is 20.5 Å². The number of hydrogen-bond acceptors (Lipinski definition) is 3. The zero-order valence-corrected chi connectivity index (χ0v) is 12.9. The van der Waals surface area contributed by atoms with E-state index in [1.807, 2.05) is 0 Å². The normalized spacial score (nSPS) is 12.3. The van der Waals surface area contributed by atoms with Crippen LogP contribution < -0.4 is 10.5 Å². The molecule has 0 saturated carbocycles. The fraction of sp³-hybridized carbons (Fsp3) is 0.364. The minimum Gasteiger partial charge on any atom is -0.347 e. The summed E-state index contributed by atoms with van der Waals surface area (Å²) in [4.78, 5) is 11.6. The van der Waals surface area contributed by atoms with Gasteiger partial charge in [0.25, 0.3) is 5.91 Å². The van der Waals surface area contributed by atoms with Gasteiger partial charge in [-0.3, -0.25) is 4.79 Å². The van der Waals surface area contributed by atoms with E-state index in [0.717, 1.165) is 6.07 Å². The smallest absolute Gasteiger partial charge is 0.253 e. The quantitative estimate of drug-likeness (QED) is 0.873. The van der Waals surface area contributed by atoms with Gasteiger partial charge < -0.3 is 5.32 Å². The second-order valence-corrected chi connectivity index (χ2v) is 7.36. The zero-order chi connectivity index (χ0) is 15.0. The minimum atomic E-state index is -4.05. The summed E-state index contributed by atoms with van der Waals surface area (Å²) in [5, 5.41) is 7.51. The Morgan fingerprint density at radius 2 is 1.79 bits per heavy atom. The van der Waals surface area contributed by atoms with Crippen LogP contribution in [0.2, 0.25) is 10.0 Å². The highest BCUT2D eigenvalue weighted by Gasteiger charge is 2.23. The van der Waals surface area contributed by atoms with Crippen LogP contribution in [-0.4, -0.2) is 19.9 Å². The molecule has 0 aliphatic heterocycles. The average Bonchev–Trinajstić information content (AvgIpc) is 2.16. The number of carbonyl (C=O) groups is 1. The van der Waals surface area contributed by atoms with E-state index in [4.69, 9.17) is 28.3 Å². The Kier molecular flexibility index (Phi) is 4.51. The molecule has 1 amide bonds. The fourth-order valence-corrected chi connectivity index (χ4v) is 2.80. The number of nitrogens with one attached hydrogen (secondary N) is 1. The third kappa shape index (κ3) is 4.35. The molecule has 0 aliphatic carbocycles. The largest absolute Gasteiger partial charge is 0.347 e. The molecule has 0 heterocycles. The molecule has 3 N–H and O–H groups in total. The molecule has 0 bridgehead atoms. The summed E-state index contributed by atoms with van der Waals surface area (Å²) in [6, 6.07) is 2.40. The molecular weight excluding hydrogens is 311 g/mol. The molecule has 8 heteroatoms. The number of sulfonamides is 1. The Hall–Kier alpha value is -0.820. The topological polar surface area (TPSA) is 89.3 Å². The molecule has 0 unspecified atom stereocenters. The van der Waals surface area contributed by atoms with E-state index in [1.54, 1.807) is 20.8 Å². The number of carbonyl (C=O) groups excluding carboxylic acids is 1. The highest BCUT2D eigenvalue weighted by Crippen LogP contribution is 2.29. The molecule has 0 radical (unpaired) electrons. The predicted molar refractivity (Wildman–Crippen MR) is 75.1 cm³/mol. The van der Waals surface area contributed by atoms with Gasteiger partial charge in [-0.1, -0.05) is 23.2 Å². The first-order valence-electron chi connectivity index (χ1n) is 5.26. The van der Waals surface area contributed by atoms with Crippen molar-refractivity contribution in [1.29, 1.82) is 0 Å². The summed E-state index contributed by atoms with van der Waals surface area (Å²) in [6.07, 6.45) is 0. The van der Waals surface area contributed by atoms with Gasteiger partial charge in [-0.25, -0.2) is 13.6 Å². The van der Waals surface area contributed by atoms with Gasteiger partial charge in [0.2, 0.25) is 10.0 Å². The van der Waals surface area contributed by atoms with Crippen LogP contribution in [0, 0.1) is 0 Å². The van der Waals surface area contributed by atoms with Gasteiger partial charge >= 0.3 is 0 Å². The van der Waals surface area contributed by atoms with Crippen LogP contribution in [0.25, 0.3) is 0 Å². The average molecular weight is 325 g/mol. The van der Waals surface area contributed by atoms with Gasteiger partial charge in [0.1, 0.15) is 4.90 Å². The maximum absolute atomic E-state index is 12.0. The van der Waals surface area contributed by atoms with Crippen LogP contribution in [0.4, 0.5) is 0 Å². The highest BCUT2D eigenvalue weighted by molar-refractivity contribution is 7.89. The van der Waals surface area contributed by atoms with Gasteiger partial charge in [0.05, 0.1) is 10.6 Å². The van der Waals surface area contributed by atoms with E-state index in [1.165, 1.54) is 6.07 Å². The van der Waals surface area contributed by atoms with Crippen LogP contribution in [0.5, 0.6) is 0 Å². The summed E-state index contributed by atoms with van der Waals surface area (Å²) >= 11 is 11.7. The van der Waals surface area contributed by atoms with E-state index in [0.29, 0.717) is 0 Å². The summed E-state index contributed by atoms with van der Waals surface area (Å²) in [6.45, 7) is 5.35. The molecule has 0 aromatic heterocycles. The van der Waals surface area contributed by atoms with Crippen LogP contribution in [0.3, 0.4) is 0 Å². The van der Waals surface area contributed by atoms with Crippen molar-refractivity contribution < 1.29 is 13.2 Å². The zero-order valence-electron chi connectivity index (χ0n) is 10.6. The lowest BCUT2D eigenvalue weighted by Gasteiger charge is -2.21. The Balaban J connectivity index is 3.38. The number of benzene rings is 1. The fourth-order valence-electron chi connectivity index (χ4n) is 1.34. The Bertz CT molecular complexity index is 622. The SMILES string of the molecule is CC(C)(C)NC(=O)c1cc(Cl)cc(S(N)(=O)=O)c1Cl. The molecular formula is C11H14Cl2N2O3S. The number of hydrogen-bond donors (Lipinski definition) is 2. The van der Waals surface area contributed by atoms with Gasteiger partial charge in [-0.2, -0.15) is 0 Å². The number of nitrogens with two attached hydrogens (primary N) is 1. The Morgan fingerprint density at radius 3 is 2.21 bits per heavy atom. The Labute approximate surface area is 122 Å². The first-order chi connectivity index (χ1) is 8.42. The first-order valence-corrected chi connectivity index (χ1v) is 7.56. The van der Waals surface area contributed by atoms with Crippen LogP contribution >= 0.6 is 23.2 Å². The second kappa shape index (κ2) is 5.28. The van der Waals surface area contributed by atoms with Crippen molar-refractivity contribution in [2.75, 3.05) is 0 Å². The second-order valence-electron chi connectivity index (χ2n) is 5.01. The van der Waals surface area contributed by atoms with Crippen molar-refractivity contribution in [2.24, 2.45) is 5.14 Å². The van der Waals surface area contributed by atoms with Crippen LogP contribution in [-0.2, 0) is 10.0 Å². The van der Waals surface area contributed by atoms with Gasteiger partial charge in [0.15, 0.2) is 0 Å². The lowest BCUT2D eigenvalue weighted by Crippen LogP contribution is -2.40. The summed E-state index contributed by atoms with van der Waals surface area (Å²) in [7, 11) is -4.05. The summed E-state index contributed by atoms with van der Waals surface area (Å²) in [5.74, 6) is -0.523. The number of amides is 1. The molecule has 0 aliphatic rings. The standard InChI is InChI=1S/C11H14Cl2N2O3S/c1-11(2,3)15-10(16)7-4-6(12)5-8(9(7)13)19(14,17)18/h4-5H,1-3H3,(H,15,16)(H2,14,17,18). The van der Waals surface area contributed by atoms with Crippen molar-refractivity contribution in [3.05, 3.63) is 27.7 Å². The van der Waals surface area contributed by atoms with E-state index in [2.05, 4.69) is 5.32 Å². The predicted octanol–water partition coefficient (Wildman–Crippen LogP) is 2.17.